The second kappa shape index (κ2) is 25.9. The molecule has 5 aromatic rings. The number of likely N-dealkylation sites (N-methyl/N-ethyl adjacent to an activating group) is 1. The highest BCUT2D eigenvalue weighted by Crippen LogP contribution is 2.43. The molecule has 6 N–H and O–H groups in total. The molecule has 2 aromatic heterocycles. The quantitative estimate of drug-likeness (QED) is 0.0496. The number of rotatable bonds is 19. The number of benzene rings is 3. The predicted molar refractivity (Wildman–Crippen MR) is 312 cm³/mol. The number of hydrogen-bond donors (Lipinski definition) is 5. The van der Waals surface area contributed by atoms with E-state index < -0.39 is 29.4 Å². The van der Waals surface area contributed by atoms with Crippen LogP contribution in [0.5, 0.6) is 5.75 Å². The molecule has 18 nitrogen and oxygen atoms in total. The third-order valence-corrected chi connectivity index (χ3v) is 16.7. The van der Waals surface area contributed by atoms with Crippen molar-refractivity contribution in [2.24, 2.45) is 5.41 Å². The number of nitriles is 1. The summed E-state index contributed by atoms with van der Waals surface area (Å²) < 4.78 is 22.6. The SMILES string of the molecule is CN[C@@H](C)C(=O)N[C@H](C(=O)N1Cc2cc(OCCCCCCCCC(=O)NCCn3nc4c(c3C#N)-c3cnc(N)c(c3)N3CCC[C@@H]3c3cc(F)ccc3C(=O)N(C)C4)ccc2C[C@H]1C(=O)N[C@@H]1CCCc2ccccc21)C(C)(C)C. The number of unbranched alkanes of at least 4 members (excludes halogenated alkanes) is 5. The molecule has 3 aliphatic heterocycles. The molecule has 4 aliphatic rings. The van der Waals surface area contributed by atoms with Gasteiger partial charge in [0, 0.05) is 62.4 Å². The number of anilines is 2. The minimum absolute atomic E-state index is 0.0689. The summed E-state index contributed by atoms with van der Waals surface area (Å²) in [5, 5.41) is 27.6. The van der Waals surface area contributed by atoms with E-state index in [-0.39, 0.29) is 73.5 Å². The van der Waals surface area contributed by atoms with E-state index in [2.05, 4.69) is 49.4 Å². The molecule has 5 heterocycles. The normalized spacial score (nSPS) is 18.2. The van der Waals surface area contributed by atoms with Crippen LogP contribution in [-0.2, 0) is 51.7 Å². The number of carbonyl (C=O) groups excluding carboxylic acids is 5. The average Bonchev–Trinajstić information content (AvgIpc) is 4.27. The molecule has 0 saturated carbocycles. The lowest BCUT2D eigenvalue weighted by Gasteiger charge is -2.41. The fourth-order valence-electron chi connectivity index (χ4n) is 12.1. The van der Waals surface area contributed by atoms with Crippen molar-refractivity contribution in [3.05, 3.63) is 124 Å². The van der Waals surface area contributed by atoms with Crippen LogP contribution in [0.1, 0.15) is 160 Å². The standard InChI is InChI=1S/C63H79FN12O6/c1-39(67-5)59(78)71-57(63(2,3)4)62(81)75-37-43-31-45(25-23-41(43)32-53(75)60(79)70-49-20-15-18-40-17-12-13-19-46(40)49)82-30-14-10-8-7-9-11-22-55(77)68-27-29-76-54(35-65)56-42-33-52(58(66)69-36-42)74-28-16-21-51(74)48-34-44(64)24-26-47(48)61(80)73(6)38-50(56)72-76/h12-13,17,19,23-26,31,33-34,36,39,49,51,53,57,67H,7-11,14-16,18,20-22,27-30,32,37-38H2,1-6H3,(H2,66,69)(H,68,77)(H,70,79)(H,71,78)/t39-,49+,51+,53-,57+/m0/s1. The minimum Gasteiger partial charge on any atom is -0.494 e. The van der Waals surface area contributed by atoms with Crippen molar-refractivity contribution >= 4 is 41.0 Å². The Bertz CT molecular complexity index is 3220. The van der Waals surface area contributed by atoms with E-state index in [0.29, 0.717) is 77.6 Å². The number of nitrogens with zero attached hydrogens (tertiary/aromatic N) is 7. The molecular formula is C63H79FN12O6. The lowest BCUT2D eigenvalue weighted by molar-refractivity contribution is -0.147. The van der Waals surface area contributed by atoms with Gasteiger partial charge in [0.25, 0.3) is 5.91 Å². The molecule has 3 aromatic carbocycles. The Labute approximate surface area is 480 Å². The Balaban J connectivity index is 0.751. The number of nitrogens with two attached hydrogens (primary N) is 1. The number of fused-ring (bicyclic) bond motifs is 10. The van der Waals surface area contributed by atoms with Gasteiger partial charge < -0.3 is 46.4 Å². The van der Waals surface area contributed by atoms with E-state index in [1.807, 2.05) is 57.2 Å². The Morgan fingerprint density at radius 1 is 0.927 bits per heavy atom. The zero-order valence-corrected chi connectivity index (χ0v) is 48.3. The lowest BCUT2D eigenvalue weighted by atomic mass is 9.83. The van der Waals surface area contributed by atoms with E-state index >= 15 is 0 Å². The summed E-state index contributed by atoms with van der Waals surface area (Å²) in [4.78, 5) is 79.3. The van der Waals surface area contributed by atoms with Crippen LogP contribution >= 0.6 is 0 Å². The number of amides is 5. The van der Waals surface area contributed by atoms with Crippen LogP contribution in [-0.4, -0.2) is 106 Å². The summed E-state index contributed by atoms with van der Waals surface area (Å²) >= 11 is 0. The van der Waals surface area contributed by atoms with Crippen molar-refractivity contribution in [2.75, 3.05) is 44.4 Å². The second-order valence-corrected chi connectivity index (χ2v) is 23.5. The second-order valence-electron chi connectivity index (χ2n) is 23.5. The highest BCUT2D eigenvalue weighted by atomic mass is 19.1. The van der Waals surface area contributed by atoms with Gasteiger partial charge in [0.05, 0.1) is 49.2 Å². The number of ether oxygens (including phenoxy) is 1. The fraction of sp³-hybridized carbons (Fsp3) is 0.492. The minimum atomic E-state index is -0.881. The highest BCUT2D eigenvalue weighted by molar-refractivity contribution is 5.97. The molecule has 9 rings (SSSR count). The van der Waals surface area contributed by atoms with Crippen LogP contribution in [0.4, 0.5) is 15.9 Å². The molecule has 1 saturated heterocycles. The number of carbonyl (C=O) groups is 5. The molecule has 0 radical (unpaired) electrons. The van der Waals surface area contributed by atoms with Crippen molar-refractivity contribution in [3.63, 3.8) is 0 Å². The van der Waals surface area contributed by atoms with Gasteiger partial charge in [-0.15, -0.1) is 0 Å². The molecular weight excluding hydrogens is 1040 g/mol. The van der Waals surface area contributed by atoms with E-state index in [1.165, 1.54) is 28.7 Å². The largest absolute Gasteiger partial charge is 0.494 e. The third-order valence-electron chi connectivity index (χ3n) is 16.7. The third kappa shape index (κ3) is 13.2. The number of pyridine rings is 1. The summed E-state index contributed by atoms with van der Waals surface area (Å²) in [6, 6.07) is 20.0. The topological polar surface area (TPSA) is 233 Å². The molecule has 5 atom stereocenters. The van der Waals surface area contributed by atoms with Crippen LogP contribution in [0.25, 0.3) is 11.1 Å². The van der Waals surface area contributed by atoms with Crippen LogP contribution in [0, 0.1) is 22.6 Å². The molecule has 82 heavy (non-hydrogen) atoms. The number of hydrogen-bond acceptors (Lipinski definition) is 12. The van der Waals surface area contributed by atoms with Crippen molar-refractivity contribution in [1.82, 2.24) is 45.8 Å². The van der Waals surface area contributed by atoms with Gasteiger partial charge >= 0.3 is 0 Å². The monoisotopic (exact) mass is 1120 g/mol. The van der Waals surface area contributed by atoms with Crippen molar-refractivity contribution in [1.29, 1.82) is 5.26 Å². The van der Waals surface area contributed by atoms with Crippen molar-refractivity contribution in [3.8, 4) is 22.9 Å². The Morgan fingerprint density at radius 3 is 2.49 bits per heavy atom. The molecule has 434 valence electrons. The number of halogens is 1. The summed E-state index contributed by atoms with van der Waals surface area (Å²) in [6.07, 6.45) is 11.9. The van der Waals surface area contributed by atoms with Gasteiger partial charge in [0.15, 0.2) is 0 Å². The van der Waals surface area contributed by atoms with Gasteiger partial charge in [-0.3, -0.25) is 28.7 Å². The number of nitrogen functional groups attached to an aromatic ring is 1. The molecule has 0 spiro atoms. The lowest BCUT2D eigenvalue weighted by Crippen LogP contribution is -2.62. The first kappa shape index (κ1) is 58.8. The van der Waals surface area contributed by atoms with E-state index in [1.54, 1.807) is 36.8 Å². The maximum absolute atomic E-state index is 14.8. The summed E-state index contributed by atoms with van der Waals surface area (Å²) in [5.74, 6) is -0.643. The molecule has 5 amide bonds. The zero-order valence-electron chi connectivity index (χ0n) is 48.3. The van der Waals surface area contributed by atoms with E-state index in [4.69, 9.17) is 15.6 Å². The van der Waals surface area contributed by atoms with Crippen molar-refractivity contribution in [2.45, 2.75) is 161 Å². The van der Waals surface area contributed by atoms with Crippen LogP contribution in [0.15, 0.2) is 72.9 Å². The summed E-state index contributed by atoms with van der Waals surface area (Å²) in [6.45, 7) is 9.36. The van der Waals surface area contributed by atoms with Crippen molar-refractivity contribution < 1.29 is 33.1 Å². The smallest absolute Gasteiger partial charge is 0.254 e. The molecule has 0 unspecified atom stereocenters. The molecule has 2 bridgehead atoms. The first-order chi connectivity index (χ1) is 39.4. The molecule has 1 fully saturated rings. The number of aryl methyl sites for hydroxylation is 1. The van der Waals surface area contributed by atoms with Crippen LogP contribution < -0.4 is 36.6 Å². The van der Waals surface area contributed by atoms with Gasteiger partial charge in [0.2, 0.25) is 23.6 Å². The first-order valence-electron chi connectivity index (χ1n) is 29.2. The molecule has 19 heteroatoms. The van der Waals surface area contributed by atoms with E-state index in [0.717, 1.165) is 80.9 Å². The Kier molecular flexibility index (Phi) is 18.6. The fourth-order valence-corrected chi connectivity index (χ4v) is 12.1. The number of nitrogens with one attached hydrogen (secondary N) is 4. The summed E-state index contributed by atoms with van der Waals surface area (Å²) in [7, 11) is 3.36. The highest BCUT2D eigenvalue weighted by Gasteiger charge is 2.43. The Hall–Kier alpha value is -7.85. The van der Waals surface area contributed by atoms with Crippen LogP contribution in [0.3, 0.4) is 0 Å². The molecule has 1 aliphatic carbocycles. The van der Waals surface area contributed by atoms with Crippen LogP contribution in [0.2, 0.25) is 0 Å². The maximum Gasteiger partial charge on any atom is 0.254 e. The van der Waals surface area contributed by atoms with Gasteiger partial charge in [0.1, 0.15) is 41.2 Å². The van der Waals surface area contributed by atoms with E-state index in [9.17, 15) is 33.6 Å². The Morgan fingerprint density at radius 2 is 1.71 bits per heavy atom. The first-order valence-corrected chi connectivity index (χ1v) is 29.2. The summed E-state index contributed by atoms with van der Waals surface area (Å²) in [5.41, 5.74) is 13.6. The van der Waals surface area contributed by atoms with Gasteiger partial charge in [-0.1, -0.05) is 76.8 Å². The average molecular weight is 1120 g/mol. The predicted octanol–water partition coefficient (Wildman–Crippen LogP) is 7.98. The van der Waals surface area contributed by atoms with Gasteiger partial charge in [-0.2, -0.15) is 10.4 Å². The zero-order chi connectivity index (χ0) is 58.2. The maximum atomic E-state index is 14.8. The number of aromatic nitrogens is 3. The van der Waals surface area contributed by atoms with Gasteiger partial charge in [-0.05, 0) is 129 Å². The van der Waals surface area contributed by atoms with Gasteiger partial charge in [-0.25, -0.2) is 9.37 Å².